The summed E-state index contributed by atoms with van der Waals surface area (Å²) in [6.07, 6.45) is 7.87. The Bertz CT molecular complexity index is 435. The lowest BCUT2D eigenvalue weighted by Gasteiger charge is -2.12. The van der Waals surface area contributed by atoms with E-state index in [0.717, 1.165) is 35.3 Å². The lowest BCUT2D eigenvalue weighted by Crippen LogP contribution is -2.05. The van der Waals surface area contributed by atoms with Crippen LogP contribution in [0.25, 0.3) is 0 Å². The molecule has 1 rings (SSSR count). The molecule has 0 unspecified atom stereocenters. The molecule has 0 aliphatic carbocycles. The summed E-state index contributed by atoms with van der Waals surface area (Å²) in [6, 6.07) is 4.00. The van der Waals surface area contributed by atoms with Crippen LogP contribution in [0, 0.1) is 13.8 Å². The fourth-order valence-corrected chi connectivity index (χ4v) is 2.64. The number of unbranched alkanes of at least 4 members (excludes halogenated alkanes) is 5. The summed E-state index contributed by atoms with van der Waals surface area (Å²) in [5.74, 6) is 0.938. The lowest BCUT2D eigenvalue weighted by atomic mass is 9.97. The van der Waals surface area contributed by atoms with Crippen LogP contribution < -0.4 is 4.74 Å². The zero-order valence-corrected chi connectivity index (χ0v) is 13.4. The zero-order valence-electron chi connectivity index (χ0n) is 13.4. The van der Waals surface area contributed by atoms with Gasteiger partial charge < -0.3 is 4.74 Å². The number of benzene rings is 1. The highest BCUT2D eigenvalue weighted by Gasteiger charge is 2.15. The maximum absolute atomic E-state index is 12.4. The first-order valence-corrected chi connectivity index (χ1v) is 7.78. The standard InChI is InChI=1S/C18H28O2/c1-5-6-7-8-9-10-11-16(19)18-15(3)12-14(2)13-17(18)20-4/h12-13H,5-11H2,1-4H3. The summed E-state index contributed by atoms with van der Waals surface area (Å²) in [7, 11) is 1.63. The van der Waals surface area contributed by atoms with E-state index < -0.39 is 0 Å². The number of Topliss-reactive ketones (excluding diaryl/α,β-unsaturated/α-hetero) is 1. The van der Waals surface area contributed by atoms with Gasteiger partial charge >= 0.3 is 0 Å². The molecule has 0 bridgehead atoms. The second-order valence-corrected chi connectivity index (χ2v) is 5.60. The SMILES string of the molecule is CCCCCCCCC(=O)c1c(C)cc(C)cc1OC. The van der Waals surface area contributed by atoms with Gasteiger partial charge in [0.05, 0.1) is 12.7 Å². The molecule has 0 aromatic heterocycles. The predicted molar refractivity (Wildman–Crippen MR) is 84.8 cm³/mol. The molecule has 0 saturated carbocycles. The molecule has 112 valence electrons. The van der Waals surface area contributed by atoms with E-state index >= 15 is 0 Å². The topological polar surface area (TPSA) is 26.3 Å². The van der Waals surface area contributed by atoms with Gasteiger partial charge in [-0.2, -0.15) is 0 Å². The normalized spacial score (nSPS) is 10.6. The molecular weight excluding hydrogens is 248 g/mol. The molecule has 0 radical (unpaired) electrons. The number of rotatable bonds is 9. The number of hydrogen-bond acceptors (Lipinski definition) is 2. The van der Waals surface area contributed by atoms with Crippen molar-refractivity contribution < 1.29 is 9.53 Å². The van der Waals surface area contributed by atoms with Gasteiger partial charge in [0.2, 0.25) is 0 Å². The molecule has 0 aliphatic rings. The van der Waals surface area contributed by atoms with E-state index in [4.69, 9.17) is 4.74 Å². The third-order valence-corrected chi connectivity index (χ3v) is 3.70. The number of carbonyl (C=O) groups excluding carboxylic acids is 1. The van der Waals surface area contributed by atoms with E-state index in [2.05, 4.69) is 13.0 Å². The number of carbonyl (C=O) groups is 1. The highest BCUT2D eigenvalue weighted by atomic mass is 16.5. The minimum atomic E-state index is 0.217. The van der Waals surface area contributed by atoms with E-state index in [9.17, 15) is 4.79 Å². The first-order chi connectivity index (χ1) is 9.60. The third kappa shape index (κ3) is 4.99. The average Bonchev–Trinajstić information content (AvgIpc) is 2.41. The van der Waals surface area contributed by atoms with Crippen LogP contribution in [-0.2, 0) is 0 Å². The van der Waals surface area contributed by atoms with Gasteiger partial charge in [-0.25, -0.2) is 0 Å². The molecule has 20 heavy (non-hydrogen) atoms. The number of ketones is 1. The maximum atomic E-state index is 12.4. The first kappa shape index (κ1) is 16.7. The van der Waals surface area contributed by atoms with Gasteiger partial charge in [0.1, 0.15) is 5.75 Å². The largest absolute Gasteiger partial charge is 0.496 e. The number of hydrogen-bond donors (Lipinski definition) is 0. The molecule has 0 spiro atoms. The summed E-state index contributed by atoms with van der Waals surface area (Å²) in [5.41, 5.74) is 2.93. The van der Waals surface area contributed by atoms with Crippen molar-refractivity contribution in [1.82, 2.24) is 0 Å². The van der Waals surface area contributed by atoms with E-state index in [1.54, 1.807) is 7.11 Å². The average molecular weight is 276 g/mol. The van der Waals surface area contributed by atoms with Gasteiger partial charge in [-0.15, -0.1) is 0 Å². The van der Waals surface area contributed by atoms with E-state index in [1.807, 2.05) is 19.9 Å². The second kappa shape index (κ2) is 8.78. The summed E-state index contributed by atoms with van der Waals surface area (Å²) in [6.45, 7) is 6.23. The van der Waals surface area contributed by atoms with Gasteiger partial charge in [-0.1, -0.05) is 45.1 Å². The van der Waals surface area contributed by atoms with Crippen LogP contribution in [0.2, 0.25) is 0 Å². The van der Waals surface area contributed by atoms with Crippen LogP contribution in [0.3, 0.4) is 0 Å². The Kier molecular flexibility index (Phi) is 7.35. The summed E-state index contributed by atoms with van der Waals surface area (Å²) in [5, 5.41) is 0. The Morgan fingerprint density at radius 1 is 1.05 bits per heavy atom. The minimum absolute atomic E-state index is 0.217. The van der Waals surface area contributed by atoms with Crippen molar-refractivity contribution in [1.29, 1.82) is 0 Å². The van der Waals surface area contributed by atoms with Crippen LogP contribution in [0.4, 0.5) is 0 Å². The monoisotopic (exact) mass is 276 g/mol. The van der Waals surface area contributed by atoms with Crippen molar-refractivity contribution in [3.8, 4) is 5.75 Å². The fraction of sp³-hybridized carbons (Fsp3) is 0.611. The van der Waals surface area contributed by atoms with Crippen molar-refractivity contribution in [3.05, 3.63) is 28.8 Å². The Morgan fingerprint density at radius 2 is 1.70 bits per heavy atom. The fourth-order valence-electron chi connectivity index (χ4n) is 2.64. The molecule has 0 aliphatic heterocycles. The van der Waals surface area contributed by atoms with Crippen molar-refractivity contribution in [2.24, 2.45) is 0 Å². The van der Waals surface area contributed by atoms with Crippen LogP contribution >= 0.6 is 0 Å². The Hall–Kier alpha value is -1.31. The number of aryl methyl sites for hydroxylation is 2. The van der Waals surface area contributed by atoms with Crippen LogP contribution in [-0.4, -0.2) is 12.9 Å². The lowest BCUT2D eigenvalue weighted by molar-refractivity contribution is 0.0975. The predicted octanol–water partition coefficient (Wildman–Crippen LogP) is 5.25. The molecule has 0 saturated heterocycles. The highest BCUT2D eigenvalue weighted by Crippen LogP contribution is 2.26. The summed E-state index contributed by atoms with van der Waals surface area (Å²) in [4.78, 5) is 12.4. The molecule has 1 aromatic rings. The Morgan fingerprint density at radius 3 is 2.35 bits per heavy atom. The van der Waals surface area contributed by atoms with E-state index in [1.165, 1.54) is 25.7 Å². The maximum Gasteiger partial charge on any atom is 0.166 e. The molecule has 0 fully saturated rings. The molecule has 0 atom stereocenters. The van der Waals surface area contributed by atoms with Crippen LogP contribution in [0.1, 0.15) is 73.4 Å². The molecule has 1 aromatic carbocycles. The second-order valence-electron chi connectivity index (χ2n) is 5.60. The summed E-state index contributed by atoms with van der Waals surface area (Å²) < 4.78 is 5.37. The molecular formula is C18H28O2. The Balaban J connectivity index is 2.55. The molecule has 0 amide bonds. The van der Waals surface area contributed by atoms with Gasteiger partial charge in [0.15, 0.2) is 5.78 Å². The number of ether oxygens (including phenoxy) is 1. The molecule has 2 heteroatoms. The smallest absolute Gasteiger partial charge is 0.166 e. The highest BCUT2D eigenvalue weighted by molar-refractivity contribution is 6.00. The van der Waals surface area contributed by atoms with Crippen molar-refractivity contribution in [3.63, 3.8) is 0 Å². The molecule has 0 N–H and O–H groups in total. The Labute approximate surface area is 123 Å². The quantitative estimate of drug-likeness (QED) is 0.455. The van der Waals surface area contributed by atoms with Gasteiger partial charge in [-0.05, 0) is 37.5 Å². The first-order valence-electron chi connectivity index (χ1n) is 7.78. The van der Waals surface area contributed by atoms with Crippen molar-refractivity contribution in [2.75, 3.05) is 7.11 Å². The van der Waals surface area contributed by atoms with Gasteiger partial charge in [-0.3, -0.25) is 4.79 Å². The minimum Gasteiger partial charge on any atom is -0.496 e. The van der Waals surface area contributed by atoms with Crippen molar-refractivity contribution in [2.45, 2.75) is 65.7 Å². The zero-order chi connectivity index (χ0) is 15.0. The van der Waals surface area contributed by atoms with Gasteiger partial charge in [0.25, 0.3) is 0 Å². The van der Waals surface area contributed by atoms with E-state index in [0.29, 0.717) is 6.42 Å². The molecule has 2 nitrogen and oxygen atoms in total. The van der Waals surface area contributed by atoms with Crippen LogP contribution in [0.15, 0.2) is 12.1 Å². The molecule has 0 heterocycles. The van der Waals surface area contributed by atoms with Crippen molar-refractivity contribution >= 4 is 5.78 Å². The summed E-state index contributed by atoms with van der Waals surface area (Å²) >= 11 is 0. The van der Waals surface area contributed by atoms with E-state index in [-0.39, 0.29) is 5.78 Å². The van der Waals surface area contributed by atoms with Gasteiger partial charge in [0, 0.05) is 6.42 Å². The number of methoxy groups -OCH3 is 1. The van der Waals surface area contributed by atoms with Crippen LogP contribution in [0.5, 0.6) is 5.75 Å². The third-order valence-electron chi connectivity index (χ3n) is 3.70.